The lowest BCUT2D eigenvalue weighted by atomic mass is 10.2. The summed E-state index contributed by atoms with van der Waals surface area (Å²) in [6.45, 7) is 2.35. The maximum atomic E-state index is 12.7. The van der Waals surface area contributed by atoms with Gasteiger partial charge in [0.05, 0.1) is 9.78 Å². The Hall–Kier alpha value is -2.66. The molecule has 0 bridgehead atoms. The molecule has 168 valence electrons. The molecule has 4 heterocycles. The number of carbonyl (C=O) groups excluding carboxylic acids is 4. The fourth-order valence-corrected chi connectivity index (χ4v) is 6.57. The van der Waals surface area contributed by atoms with E-state index in [1.54, 1.807) is 40.9 Å². The monoisotopic (exact) mass is 475 g/mol. The van der Waals surface area contributed by atoms with Gasteiger partial charge in [-0.2, -0.15) is 0 Å². The molecule has 9 nitrogen and oxygen atoms in total. The Kier molecular flexibility index (Phi) is 5.32. The number of ether oxygens (including phenoxy) is 2. The van der Waals surface area contributed by atoms with Gasteiger partial charge in [-0.3, -0.25) is 24.1 Å². The van der Waals surface area contributed by atoms with Crippen molar-refractivity contribution >= 4 is 52.6 Å². The van der Waals surface area contributed by atoms with Crippen molar-refractivity contribution < 1.29 is 28.7 Å². The fourth-order valence-electron chi connectivity index (χ4n) is 4.27. The fraction of sp³-hybridized carbons (Fsp3) is 0.429. The van der Waals surface area contributed by atoms with Gasteiger partial charge in [0, 0.05) is 25.3 Å². The molecule has 1 aromatic rings. The Bertz CT molecular complexity index is 1060. The molecule has 0 radical (unpaired) electrons. The van der Waals surface area contributed by atoms with Gasteiger partial charge in [0.15, 0.2) is 11.5 Å². The van der Waals surface area contributed by atoms with Gasteiger partial charge in [-0.15, -0.1) is 11.8 Å². The summed E-state index contributed by atoms with van der Waals surface area (Å²) in [5.41, 5.74) is 0.727. The van der Waals surface area contributed by atoms with Crippen molar-refractivity contribution in [1.82, 2.24) is 15.1 Å². The number of hydrogen-bond acceptors (Lipinski definition) is 8. The first kappa shape index (κ1) is 21.2. The molecule has 4 amide bonds. The molecule has 2 atom stereocenters. The molecule has 1 aromatic carbocycles. The SMILES string of the molecule is C[C@]12CCC(=O)N1[C@@H](C(=O)NCCN1C(=O)S/C(=C\c3ccc4c(c3)OCO4)C1=O)CS2. The highest BCUT2D eigenvalue weighted by Gasteiger charge is 2.52. The molecule has 0 spiro atoms. The highest BCUT2D eigenvalue weighted by atomic mass is 32.2. The predicted octanol–water partition coefficient (Wildman–Crippen LogP) is 2.02. The number of hydrogen-bond donors (Lipinski definition) is 1. The number of imide groups is 1. The second-order valence-electron chi connectivity index (χ2n) is 8.00. The van der Waals surface area contributed by atoms with Crippen molar-refractivity contribution in [1.29, 1.82) is 0 Å². The largest absolute Gasteiger partial charge is 0.454 e. The predicted molar refractivity (Wildman–Crippen MR) is 119 cm³/mol. The van der Waals surface area contributed by atoms with Crippen LogP contribution in [0.3, 0.4) is 0 Å². The van der Waals surface area contributed by atoms with E-state index in [-0.39, 0.29) is 41.8 Å². The lowest BCUT2D eigenvalue weighted by molar-refractivity contribution is -0.137. The van der Waals surface area contributed by atoms with Crippen LogP contribution in [0, 0.1) is 0 Å². The van der Waals surface area contributed by atoms with Gasteiger partial charge >= 0.3 is 0 Å². The van der Waals surface area contributed by atoms with Crippen LogP contribution < -0.4 is 14.8 Å². The Morgan fingerprint density at radius 1 is 1.28 bits per heavy atom. The summed E-state index contributed by atoms with van der Waals surface area (Å²) < 4.78 is 10.6. The number of rotatable bonds is 5. The van der Waals surface area contributed by atoms with Crippen LogP contribution in [-0.4, -0.2) is 69.3 Å². The minimum atomic E-state index is -0.513. The standard InChI is InChI=1S/C21H21N3O6S2/c1-21-5-4-17(25)24(21)13(10-31-21)18(26)22-6-7-23-19(27)16(32-20(23)28)9-12-2-3-14-15(8-12)30-11-29-14/h2-3,8-9,13H,4-7,10-11H2,1H3,(H,22,26)/b16-9-/t13-,21+/m1/s1. The average molecular weight is 476 g/mol. The number of carbonyl (C=O) groups is 4. The molecule has 5 rings (SSSR count). The van der Waals surface area contributed by atoms with E-state index in [0.717, 1.165) is 28.6 Å². The van der Waals surface area contributed by atoms with Crippen LogP contribution in [0.15, 0.2) is 23.1 Å². The van der Waals surface area contributed by atoms with Gasteiger partial charge in [0.1, 0.15) is 6.04 Å². The van der Waals surface area contributed by atoms with E-state index in [1.165, 1.54) is 0 Å². The summed E-state index contributed by atoms with van der Waals surface area (Å²) in [6.07, 6.45) is 2.84. The zero-order valence-corrected chi connectivity index (χ0v) is 18.9. The smallest absolute Gasteiger partial charge is 0.293 e. The molecule has 3 fully saturated rings. The minimum Gasteiger partial charge on any atom is -0.454 e. The van der Waals surface area contributed by atoms with Crippen LogP contribution in [0.5, 0.6) is 11.5 Å². The Labute approximate surface area is 192 Å². The maximum absolute atomic E-state index is 12.7. The molecule has 4 aliphatic rings. The second kappa shape index (κ2) is 8.04. The Morgan fingerprint density at radius 2 is 2.09 bits per heavy atom. The zero-order chi connectivity index (χ0) is 22.5. The third-order valence-corrected chi connectivity index (χ3v) is 8.36. The molecule has 0 saturated carbocycles. The summed E-state index contributed by atoms with van der Waals surface area (Å²) in [4.78, 5) is 52.7. The van der Waals surface area contributed by atoms with Crippen LogP contribution in [0.25, 0.3) is 6.08 Å². The summed E-state index contributed by atoms with van der Waals surface area (Å²) in [7, 11) is 0. The normalized spacial score (nSPS) is 27.6. The third-order valence-electron chi connectivity index (χ3n) is 5.95. The van der Waals surface area contributed by atoms with Crippen LogP contribution in [0.2, 0.25) is 0 Å². The molecule has 1 N–H and O–H groups in total. The summed E-state index contributed by atoms with van der Waals surface area (Å²) in [5, 5.41) is 2.40. The lowest BCUT2D eigenvalue weighted by Crippen LogP contribution is -2.51. The molecule has 3 saturated heterocycles. The first-order chi connectivity index (χ1) is 15.4. The molecule has 11 heteroatoms. The molecule has 0 aliphatic carbocycles. The van der Waals surface area contributed by atoms with Crippen molar-refractivity contribution in [2.75, 3.05) is 25.6 Å². The first-order valence-electron chi connectivity index (χ1n) is 10.2. The van der Waals surface area contributed by atoms with Gasteiger partial charge < -0.3 is 19.7 Å². The Balaban J connectivity index is 1.18. The third kappa shape index (κ3) is 3.62. The lowest BCUT2D eigenvalue weighted by Gasteiger charge is -2.29. The van der Waals surface area contributed by atoms with E-state index < -0.39 is 11.9 Å². The minimum absolute atomic E-state index is 0.00255. The molecular weight excluding hydrogens is 454 g/mol. The van der Waals surface area contributed by atoms with Gasteiger partial charge in [-0.25, -0.2) is 0 Å². The second-order valence-corrected chi connectivity index (χ2v) is 10.5. The van der Waals surface area contributed by atoms with Crippen LogP contribution in [0.4, 0.5) is 4.79 Å². The van der Waals surface area contributed by atoms with Crippen molar-refractivity contribution in [3.8, 4) is 11.5 Å². The van der Waals surface area contributed by atoms with Crippen LogP contribution in [0.1, 0.15) is 25.3 Å². The molecule has 0 aromatic heterocycles. The van der Waals surface area contributed by atoms with E-state index in [9.17, 15) is 19.2 Å². The number of fused-ring (bicyclic) bond motifs is 2. The van der Waals surface area contributed by atoms with Gasteiger partial charge in [0.25, 0.3) is 11.1 Å². The number of nitrogens with zero attached hydrogens (tertiary/aromatic N) is 2. The van der Waals surface area contributed by atoms with Gasteiger partial charge in [-0.05, 0) is 48.9 Å². The number of benzene rings is 1. The highest BCUT2D eigenvalue weighted by molar-refractivity contribution is 8.18. The van der Waals surface area contributed by atoms with Crippen LogP contribution >= 0.6 is 23.5 Å². The Morgan fingerprint density at radius 3 is 2.94 bits per heavy atom. The number of nitrogens with one attached hydrogen (secondary N) is 1. The number of thioether (sulfide) groups is 2. The van der Waals surface area contributed by atoms with E-state index in [1.807, 2.05) is 6.92 Å². The topological polar surface area (TPSA) is 105 Å². The molecule has 0 unspecified atom stereocenters. The molecular formula is C21H21N3O6S2. The highest BCUT2D eigenvalue weighted by Crippen LogP contribution is 2.47. The van der Waals surface area contributed by atoms with E-state index in [4.69, 9.17) is 9.47 Å². The van der Waals surface area contributed by atoms with E-state index in [2.05, 4.69) is 5.32 Å². The molecule has 32 heavy (non-hydrogen) atoms. The van der Waals surface area contributed by atoms with E-state index in [0.29, 0.717) is 28.6 Å². The van der Waals surface area contributed by atoms with Crippen molar-refractivity contribution in [3.05, 3.63) is 28.7 Å². The van der Waals surface area contributed by atoms with Crippen molar-refractivity contribution in [2.24, 2.45) is 0 Å². The maximum Gasteiger partial charge on any atom is 0.293 e. The zero-order valence-electron chi connectivity index (χ0n) is 17.3. The average Bonchev–Trinajstić information content (AvgIpc) is 3.49. The number of amides is 4. The van der Waals surface area contributed by atoms with Gasteiger partial charge in [-0.1, -0.05) is 6.07 Å². The molecule has 4 aliphatic heterocycles. The quantitative estimate of drug-likeness (QED) is 0.645. The van der Waals surface area contributed by atoms with Crippen molar-refractivity contribution in [3.63, 3.8) is 0 Å². The van der Waals surface area contributed by atoms with Gasteiger partial charge in [0.2, 0.25) is 18.6 Å². The summed E-state index contributed by atoms with van der Waals surface area (Å²) in [5.74, 6) is 1.14. The van der Waals surface area contributed by atoms with E-state index >= 15 is 0 Å². The summed E-state index contributed by atoms with van der Waals surface area (Å²) in [6, 6.07) is 4.78. The van der Waals surface area contributed by atoms with Crippen LogP contribution in [-0.2, 0) is 14.4 Å². The summed E-state index contributed by atoms with van der Waals surface area (Å²) >= 11 is 2.49. The first-order valence-corrected chi connectivity index (χ1v) is 12.0. The van der Waals surface area contributed by atoms with Crippen molar-refractivity contribution in [2.45, 2.75) is 30.7 Å².